The van der Waals surface area contributed by atoms with Gasteiger partial charge in [-0.1, -0.05) is 26.0 Å². The minimum Gasteiger partial charge on any atom is -0.420 e. The standard InChI is InChI=1S/C17H18N4OS/c1-9(2)15-14-13(10-4-6-11(23-3)7-5-10)12(8-18)16(19)22-17(14)21-20-15/h4-7,9,13H,19H2,1-3H3,(H,20,21). The molecule has 1 aromatic heterocycles. The second-order valence-corrected chi connectivity index (χ2v) is 6.59. The van der Waals surface area contributed by atoms with Gasteiger partial charge in [0.05, 0.1) is 11.5 Å². The second-order valence-electron chi connectivity index (χ2n) is 5.71. The largest absolute Gasteiger partial charge is 0.420 e. The summed E-state index contributed by atoms with van der Waals surface area (Å²) in [6, 6.07) is 10.4. The first-order valence-electron chi connectivity index (χ1n) is 7.36. The van der Waals surface area contributed by atoms with E-state index < -0.39 is 0 Å². The van der Waals surface area contributed by atoms with Crippen LogP contribution in [0.4, 0.5) is 0 Å². The van der Waals surface area contributed by atoms with Crippen molar-refractivity contribution in [3.05, 3.63) is 52.5 Å². The van der Waals surface area contributed by atoms with Crippen LogP contribution in [0.15, 0.2) is 40.6 Å². The Bertz CT molecular complexity index is 799. The number of thioether (sulfide) groups is 1. The van der Waals surface area contributed by atoms with Crippen molar-refractivity contribution >= 4 is 11.8 Å². The molecule has 2 aromatic rings. The molecule has 6 heteroatoms. The summed E-state index contributed by atoms with van der Waals surface area (Å²) >= 11 is 1.68. The smallest absolute Gasteiger partial charge is 0.244 e. The predicted octanol–water partition coefficient (Wildman–Crippen LogP) is 3.47. The van der Waals surface area contributed by atoms with Gasteiger partial charge in [-0.3, -0.25) is 5.10 Å². The third-order valence-corrected chi connectivity index (χ3v) is 4.74. The molecular weight excluding hydrogens is 308 g/mol. The third kappa shape index (κ3) is 2.57. The minimum absolute atomic E-state index is 0.126. The van der Waals surface area contributed by atoms with Crippen molar-refractivity contribution in [2.75, 3.05) is 6.26 Å². The number of rotatable bonds is 3. The molecule has 1 aliphatic heterocycles. The highest BCUT2D eigenvalue weighted by Crippen LogP contribution is 2.44. The van der Waals surface area contributed by atoms with E-state index in [9.17, 15) is 5.26 Å². The fourth-order valence-electron chi connectivity index (χ4n) is 2.84. The van der Waals surface area contributed by atoms with E-state index in [1.807, 2.05) is 18.4 Å². The Hall–Kier alpha value is -2.39. The molecule has 0 aliphatic carbocycles. The lowest BCUT2D eigenvalue weighted by Gasteiger charge is -2.24. The molecule has 23 heavy (non-hydrogen) atoms. The maximum absolute atomic E-state index is 9.58. The van der Waals surface area contributed by atoms with Crippen molar-refractivity contribution in [1.82, 2.24) is 10.2 Å². The van der Waals surface area contributed by atoms with Crippen LogP contribution < -0.4 is 10.5 Å². The molecule has 1 aliphatic rings. The number of nitriles is 1. The van der Waals surface area contributed by atoms with Gasteiger partial charge in [-0.25, -0.2) is 0 Å². The number of allylic oxidation sites excluding steroid dienone is 1. The quantitative estimate of drug-likeness (QED) is 0.843. The number of nitrogens with two attached hydrogens (primary N) is 1. The number of aromatic nitrogens is 2. The fourth-order valence-corrected chi connectivity index (χ4v) is 3.25. The number of ether oxygens (including phenoxy) is 1. The Labute approximate surface area is 139 Å². The van der Waals surface area contributed by atoms with Gasteiger partial charge in [0, 0.05) is 10.6 Å². The molecule has 5 nitrogen and oxygen atoms in total. The zero-order chi connectivity index (χ0) is 16.6. The van der Waals surface area contributed by atoms with Crippen LogP contribution in [0.1, 0.15) is 42.5 Å². The fraction of sp³-hybridized carbons (Fsp3) is 0.294. The summed E-state index contributed by atoms with van der Waals surface area (Å²) in [6.45, 7) is 4.16. The van der Waals surface area contributed by atoms with Crippen LogP contribution in [0.25, 0.3) is 0 Å². The molecule has 1 unspecified atom stereocenters. The number of fused-ring (bicyclic) bond motifs is 1. The SMILES string of the molecule is CSc1ccc(C2C(C#N)=C(N)Oc3n[nH]c(C(C)C)c32)cc1. The Morgan fingerprint density at radius 1 is 1.35 bits per heavy atom. The van der Waals surface area contributed by atoms with Gasteiger partial charge in [-0.2, -0.15) is 5.26 Å². The summed E-state index contributed by atoms with van der Waals surface area (Å²) in [5, 5.41) is 16.8. The van der Waals surface area contributed by atoms with Crippen molar-refractivity contribution in [2.45, 2.75) is 30.6 Å². The lowest BCUT2D eigenvalue weighted by molar-refractivity contribution is 0.378. The molecule has 1 atom stereocenters. The van der Waals surface area contributed by atoms with Crippen molar-refractivity contribution in [3.63, 3.8) is 0 Å². The highest BCUT2D eigenvalue weighted by molar-refractivity contribution is 7.98. The molecule has 2 heterocycles. The predicted molar refractivity (Wildman–Crippen MR) is 90.2 cm³/mol. The summed E-state index contributed by atoms with van der Waals surface area (Å²) in [5.41, 5.74) is 9.26. The van der Waals surface area contributed by atoms with Gasteiger partial charge in [-0.05, 0) is 29.9 Å². The Morgan fingerprint density at radius 3 is 2.61 bits per heavy atom. The van der Waals surface area contributed by atoms with E-state index in [0.29, 0.717) is 11.5 Å². The lowest BCUT2D eigenvalue weighted by atomic mass is 9.82. The maximum Gasteiger partial charge on any atom is 0.244 e. The molecule has 3 rings (SSSR count). The molecule has 1 aromatic carbocycles. The number of aromatic amines is 1. The summed E-state index contributed by atoms with van der Waals surface area (Å²) in [4.78, 5) is 1.17. The van der Waals surface area contributed by atoms with Crippen LogP contribution in [0.3, 0.4) is 0 Å². The number of nitrogens with zero attached hydrogens (tertiary/aromatic N) is 2. The molecule has 0 amide bonds. The van der Waals surface area contributed by atoms with Crippen molar-refractivity contribution in [2.24, 2.45) is 5.73 Å². The first kappa shape index (κ1) is 15.5. The van der Waals surface area contributed by atoms with Crippen molar-refractivity contribution in [3.8, 4) is 11.9 Å². The topological polar surface area (TPSA) is 87.7 Å². The molecule has 118 valence electrons. The Balaban J connectivity index is 2.19. The first-order chi connectivity index (χ1) is 11.1. The van der Waals surface area contributed by atoms with Gasteiger partial charge < -0.3 is 10.5 Å². The van der Waals surface area contributed by atoms with Crippen LogP contribution in [0.5, 0.6) is 5.88 Å². The maximum atomic E-state index is 9.58. The van der Waals surface area contributed by atoms with E-state index in [2.05, 4.69) is 42.2 Å². The van der Waals surface area contributed by atoms with E-state index in [1.165, 1.54) is 4.90 Å². The molecule has 0 bridgehead atoms. The highest BCUT2D eigenvalue weighted by atomic mass is 32.2. The summed E-state index contributed by atoms with van der Waals surface area (Å²) in [7, 11) is 0. The Kier molecular flexibility index (Phi) is 4.05. The average molecular weight is 326 g/mol. The molecule has 0 radical (unpaired) electrons. The van der Waals surface area contributed by atoms with Crippen LogP contribution >= 0.6 is 11.8 Å². The summed E-state index contributed by atoms with van der Waals surface area (Å²) < 4.78 is 5.55. The molecule has 3 N–H and O–H groups in total. The van der Waals surface area contributed by atoms with E-state index in [0.717, 1.165) is 16.8 Å². The molecule has 0 fully saturated rings. The third-order valence-electron chi connectivity index (χ3n) is 3.99. The minimum atomic E-state index is -0.254. The lowest BCUT2D eigenvalue weighted by Crippen LogP contribution is -2.21. The second kappa shape index (κ2) is 6.01. The van der Waals surface area contributed by atoms with Gasteiger partial charge in [-0.15, -0.1) is 16.9 Å². The zero-order valence-electron chi connectivity index (χ0n) is 13.3. The monoisotopic (exact) mass is 326 g/mol. The molecule has 0 spiro atoms. The van der Waals surface area contributed by atoms with Crippen LogP contribution in [0, 0.1) is 11.3 Å². The Morgan fingerprint density at radius 2 is 2.04 bits per heavy atom. The van der Waals surface area contributed by atoms with E-state index in [4.69, 9.17) is 10.5 Å². The van der Waals surface area contributed by atoms with Crippen molar-refractivity contribution < 1.29 is 4.74 Å². The van der Waals surface area contributed by atoms with Gasteiger partial charge in [0.1, 0.15) is 11.6 Å². The molecule has 0 saturated carbocycles. The number of hydrogen-bond acceptors (Lipinski definition) is 5. The molecular formula is C17H18N4OS. The summed E-state index contributed by atoms with van der Waals surface area (Å²) in [5.74, 6) is 0.572. The average Bonchev–Trinajstić information content (AvgIpc) is 2.97. The highest BCUT2D eigenvalue weighted by Gasteiger charge is 2.35. The number of nitrogens with one attached hydrogen (secondary N) is 1. The number of hydrogen-bond donors (Lipinski definition) is 2. The van der Waals surface area contributed by atoms with Crippen molar-refractivity contribution in [1.29, 1.82) is 5.26 Å². The van der Waals surface area contributed by atoms with Gasteiger partial charge >= 0.3 is 0 Å². The summed E-state index contributed by atoms with van der Waals surface area (Å²) in [6.07, 6.45) is 2.03. The van der Waals surface area contributed by atoms with Gasteiger partial charge in [0.2, 0.25) is 11.8 Å². The normalized spacial score (nSPS) is 16.9. The van der Waals surface area contributed by atoms with Gasteiger partial charge in [0.15, 0.2) is 0 Å². The molecule has 0 saturated heterocycles. The number of benzene rings is 1. The zero-order valence-corrected chi connectivity index (χ0v) is 14.1. The first-order valence-corrected chi connectivity index (χ1v) is 8.59. The van der Waals surface area contributed by atoms with Crippen LogP contribution in [0.2, 0.25) is 0 Å². The van der Waals surface area contributed by atoms with E-state index in [-0.39, 0.29) is 17.7 Å². The van der Waals surface area contributed by atoms with Gasteiger partial charge in [0.25, 0.3) is 0 Å². The van der Waals surface area contributed by atoms with E-state index >= 15 is 0 Å². The number of H-pyrrole nitrogens is 1. The van der Waals surface area contributed by atoms with Crippen LogP contribution in [-0.4, -0.2) is 16.5 Å². The van der Waals surface area contributed by atoms with E-state index in [1.54, 1.807) is 11.8 Å². The van der Waals surface area contributed by atoms with Crippen LogP contribution in [-0.2, 0) is 0 Å².